The highest BCUT2D eigenvalue weighted by molar-refractivity contribution is 9.10. The predicted octanol–water partition coefficient (Wildman–Crippen LogP) is 2.87. The van der Waals surface area contributed by atoms with Crippen LogP contribution < -0.4 is 16.0 Å². The number of nitrogens with one attached hydrogen (secondary N) is 1. The van der Waals surface area contributed by atoms with Gasteiger partial charge in [-0.2, -0.15) is 0 Å². The fraction of sp³-hybridized carbons (Fsp3) is 0.667. The van der Waals surface area contributed by atoms with Gasteiger partial charge >= 0.3 is 0 Å². The largest absolute Gasteiger partial charge is 0.473 e. The summed E-state index contributed by atoms with van der Waals surface area (Å²) in [5.74, 6) is 7.12. The van der Waals surface area contributed by atoms with E-state index in [0.29, 0.717) is 22.1 Å². The van der Waals surface area contributed by atoms with Crippen LogP contribution in [0, 0.1) is 5.92 Å². The molecule has 0 radical (unpaired) electrons. The maximum absolute atomic E-state index is 6.04. The molecule has 1 aliphatic rings. The van der Waals surface area contributed by atoms with E-state index in [1.54, 1.807) is 0 Å². The van der Waals surface area contributed by atoms with Crippen molar-refractivity contribution in [1.82, 2.24) is 9.97 Å². The van der Waals surface area contributed by atoms with Crippen molar-refractivity contribution >= 4 is 21.7 Å². The van der Waals surface area contributed by atoms with Crippen LogP contribution in [0.15, 0.2) is 10.8 Å². The molecule has 18 heavy (non-hydrogen) atoms. The minimum atomic E-state index is 0.251. The number of aromatic nitrogens is 2. The van der Waals surface area contributed by atoms with Gasteiger partial charge in [0.05, 0.1) is 0 Å². The van der Waals surface area contributed by atoms with Crippen molar-refractivity contribution in [1.29, 1.82) is 0 Å². The normalized spacial score (nSPS) is 23.7. The van der Waals surface area contributed by atoms with Gasteiger partial charge in [-0.25, -0.2) is 15.8 Å². The number of rotatable bonds is 4. The minimum Gasteiger partial charge on any atom is -0.473 e. The molecule has 0 bridgehead atoms. The molecule has 0 saturated heterocycles. The summed E-state index contributed by atoms with van der Waals surface area (Å²) in [7, 11) is 0. The molecule has 100 valence electrons. The van der Waals surface area contributed by atoms with E-state index in [2.05, 4.69) is 38.2 Å². The van der Waals surface area contributed by atoms with Crippen molar-refractivity contribution in [2.75, 3.05) is 5.43 Å². The van der Waals surface area contributed by atoms with Gasteiger partial charge in [-0.15, -0.1) is 0 Å². The Morgan fingerprint density at radius 3 is 2.94 bits per heavy atom. The second kappa shape index (κ2) is 6.33. The Labute approximate surface area is 116 Å². The number of ether oxygens (including phenoxy) is 1. The first-order valence-corrected chi connectivity index (χ1v) is 7.19. The number of hydrogen-bond acceptors (Lipinski definition) is 5. The number of hydrazine groups is 1. The molecule has 0 aromatic carbocycles. The Kier molecular flexibility index (Phi) is 4.77. The van der Waals surface area contributed by atoms with E-state index >= 15 is 0 Å². The molecule has 5 nitrogen and oxygen atoms in total. The highest BCUT2D eigenvalue weighted by Gasteiger charge is 2.26. The van der Waals surface area contributed by atoms with Crippen LogP contribution in [-0.2, 0) is 0 Å². The average Bonchev–Trinajstić information content (AvgIpc) is 2.42. The van der Waals surface area contributed by atoms with Crippen LogP contribution >= 0.6 is 15.9 Å². The summed E-state index contributed by atoms with van der Waals surface area (Å²) >= 11 is 3.42. The molecule has 1 aromatic rings. The number of nitrogen functional groups attached to an aromatic ring is 1. The highest BCUT2D eigenvalue weighted by atomic mass is 79.9. The summed E-state index contributed by atoms with van der Waals surface area (Å²) in [6.07, 6.45) is 7.73. The Bertz CT molecular complexity index is 402. The van der Waals surface area contributed by atoms with E-state index < -0.39 is 0 Å². The number of anilines is 1. The van der Waals surface area contributed by atoms with E-state index in [-0.39, 0.29) is 6.10 Å². The molecule has 0 aliphatic heterocycles. The Morgan fingerprint density at radius 2 is 2.22 bits per heavy atom. The van der Waals surface area contributed by atoms with E-state index in [0.717, 1.165) is 12.8 Å². The van der Waals surface area contributed by atoms with Gasteiger partial charge < -0.3 is 10.2 Å². The quantitative estimate of drug-likeness (QED) is 0.660. The van der Waals surface area contributed by atoms with Gasteiger partial charge in [0.15, 0.2) is 5.82 Å². The second-order valence-corrected chi connectivity index (χ2v) is 5.39. The summed E-state index contributed by atoms with van der Waals surface area (Å²) in [5.41, 5.74) is 2.52. The Morgan fingerprint density at radius 1 is 1.44 bits per heavy atom. The molecule has 2 rings (SSSR count). The first kappa shape index (κ1) is 13.5. The molecule has 3 N–H and O–H groups in total. The minimum absolute atomic E-state index is 0.251. The SMILES string of the molecule is CCC1CCCCC1Oc1ncnc(NN)c1Br. The van der Waals surface area contributed by atoms with Gasteiger partial charge in [-0.3, -0.25) is 0 Å². The van der Waals surface area contributed by atoms with Crippen LogP contribution in [0.25, 0.3) is 0 Å². The maximum atomic E-state index is 6.04. The molecule has 1 heterocycles. The first-order chi connectivity index (χ1) is 8.76. The van der Waals surface area contributed by atoms with Crippen molar-refractivity contribution in [3.63, 3.8) is 0 Å². The van der Waals surface area contributed by atoms with Crippen molar-refractivity contribution in [3.05, 3.63) is 10.8 Å². The van der Waals surface area contributed by atoms with E-state index in [1.807, 2.05) is 0 Å². The maximum Gasteiger partial charge on any atom is 0.233 e. The van der Waals surface area contributed by atoms with Gasteiger partial charge in [-0.05, 0) is 47.5 Å². The summed E-state index contributed by atoms with van der Waals surface area (Å²) in [6.45, 7) is 2.22. The van der Waals surface area contributed by atoms with Crippen LogP contribution in [0.5, 0.6) is 5.88 Å². The zero-order valence-electron chi connectivity index (χ0n) is 10.5. The van der Waals surface area contributed by atoms with Crippen molar-refractivity contribution in [2.24, 2.45) is 11.8 Å². The molecule has 0 spiro atoms. The molecule has 1 aliphatic carbocycles. The van der Waals surface area contributed by atoms with Crippen LogP contribution in [0.2, 0.25) is 0 Å². The third-order valence-electron chi connectivity index (χ3n) is 3.52. The number of halogens is 1. The van der Waals surface area contributed by atoms with Gasteiger partial charge in [0, 0.05) is 0 Å². The van der Waals surface area contributed by atoms with Gasteiger partial charge in [0.2, 0.25) is 5.88 Å². The van der Waals surface area contributed by atoms with Crippen LogP contribution in [0.1, 0.15) is 39.0 Å². The number of hydrogen-bond donors (Lipinski definition) is 2. The monoisotopic (exact) mass is 314 g/mol. The topological polar surface area (TPSA) is 73.1 Å². The molecule has 1 fully saturated rings. The third-order valence-corrected chi connectivity index (χ3v) is 4.24. The van der Waals surface area contributed by atoms with E-state index in [9.17, 15) is 0 Å². The molecule has 6 heteroatoms. The van der Waals surface area contributed by atoms with Gasteiger partial charge in [-0.1, -0.05) is 13.3 Å². The Hall–Kier alpha value is -0.880. The molecule has 2 atom stereocenters. The van der Waals surface area contributed by atoms with Crippen LogP contribution in [-0.4, -0.2) is 16.1 Å². The fourth-order valence-corrected chi connectivity index (χ4v) is 2.89. The molecular weight excluding hydrogens is 296 g/mol. The summed E-state index contributed by atoms with van der Waals surface area (Å²) < 4.78 is 6.73. The second-order valence-electron chi connectivity index (χ2n) is 4.59. The summed E-state index contributed by atoms with van der Waals surface area (Å²) in [6, 6.07) is 0. The molecular formula is C12H19BrN4O. The molecule has 1 aromatic heterocycles. The highest BCUT2D eigenvalue weighted by Crippen LogP contribution is 2.34. The zero-order chi connectivity index (χ0) is 13.0. The number of nitrogens with two attached hydrogens (primary N) is 1. The predicted molar refractivity (Wildman–Crippen MR) is 74.2 cm³/mol. The van der Waals surface area contributed by atoms with Crippen LogP contribution in [0.4, 0.5) is 5.82 Å². The average molecular weight is 315 g/mol. The lowest BCUT2D eigenvalue weighted by Crippen LogP contribution is -2.30. The van der Waals surface area contributed by atoms with Gasteiger partial charge in [0.1, 0.15) is 16.9 Å². The number of nitrogens with zero attached hydrogens (tertiary/aromatic N) is 2. The van der Waals surface area contributed by atoms with Crippen molar-refractivity contribution in [2.45, 2.75) is 45.1 Å². The smallest absolute Gasteiger partial charge is 0.233 e. The lowest BCUT2D eigenvalue weighted by molar-refractivity contribution is 0.0849. The Balaban J connectivity index is 2.12. The van der Waals surface area contributed by atoms with E-state index in [1.165, 1.54) is 25.6 Å². The summed E-state index contributed by atoms with van der Waals surface area (Å²) in [5, 5.41) is 0. The van der Waals surface area contributed by atoms with Crippen molar-refractivity contribution in [3.8, 4) is 5.88 Å². The van der Waals surface area contributed by atoms with E-state index in [4.69, 9.17) is 10.6 Å². The lowest BCUT2D eigenvalue weighted by atomic mass is 9.85. The third kappa shape index (κ3) is 2.92. The zero-order valence-corrected chi connectivity index (χ0v) is 12.1. The van der Waals surface area contributed by atoms with Crippen LogP contribution in [0.3, 0.4) is 0 Å². The first-order valence-electron chi connectivity index (χ1n) is 6.40. The fourth-order valence-electron chi connectivity index (χ4n) is 2.48. The standard InChI is InChI=1S/C12H19BrN4O/c1-2-8-5-3-4-6-9(8)18-12-10(13)11(17-14)15-7-16-12/h7-9H,2-6,14H2,1H3,(H,15,16,17). The van der Waals surface area contributed by atoms with Crippen molar-refractivity contribution < 1.29 is 4.74 Å². The summed E-state index contributed by atoms with van der Waals surface area (Å²) in [4.78, 5) is 8.19. The lowest BCUT2D eigenvalue weighted by Gasteiger charge is -2.31. The van der Waals surface area contributed by atoms with Gasteiger partial charge in [0.25, 0.3) is 0 Å². The molecule has 2 unspecified atom stereocenters. The molecule has 1 saturated carbocycles. The molecule has 0 amide bonds.